The van der Waals surface area contributed by atoms with E-state index in [-0.39, 0.29) is 0 Å². The topological polar surface area (TPSA) is 0 Å². The third kappa shape index (κ3) is 4.47. The van der Waals surface area contributed by atoms with Crippen molar-refractivity contribution in [2.45, 2.75) is 13.8 Å². The summed E-state index contributed by atoms with van der Waals surface area (Å²) in [7, 11) is 0. The average molecular weight is 474 g/mol. The highest BCUT2D eigenvalue weighted by molar-refractivity contribution is 9.28. The Hall–Kier alpha value is 0.620. The van der Waals surface area contributed by atoms with Gasteiger partial charge in [0.15, 0.2) is 0 Å². The Morgan fingerprint density at radius 3 is 1.38 bits per heavy atom. The lowest BCUT2D eigenvalue weighted by molar-refractivity contribution is 1.33. The molecule has 0 aliphatic rings. The van der Waals surface area contributed by atoms with Gasteiger partial charge in [-0.25, -0.2) is 0 Å². The molecule has 0 aliphatic heterocycles. The predicted octanol–water partition coefficient (Wildman–Crippen LogP) is 6.48. The van der Waals surface area contributed by atoms with Crippen molar-refractivity contribution in [3.8, 4) is 0 Å². The molecule has 0 nitrogen and oxygen atoms in total. The highest BCUT2D eigenvalue weighted by Crippen LogP contribution is 2.27. The molecule has 0 atom stereocenters. The van der Waals surface area contributed by atoms with Gasteiger partial charge in [0.2, 0.25) is 0 Å². The molecular formula is C12H10Br4. The second kappa shape index (κ2) is 6.53. The molecule has 0 unspecified atom stereocenters. The van der Waals surface area contributed by atoms with Crippen LogP contribution < -0.4 is 0 Å². The van der Waals surface area contributed by atoms with Crippen LogP contribution in [-0.4, -0.2) is 0 Å². The Bertz CT molecular complexity index is 407. The van der Waals surface area contributed by atoms with E-state index in [0.717, 1.165) is 6.78 Å². The Morgan fingerprint density at radius 2 is 1.12 bits per heavy atom. The van der Waals surface area contributed by atoms with Crippen LogP contribution in [0.5, 0.6) is 0 Å². The van der Waals surface area contributed by atoms with Crippen molar-refractivity contribution in [1.29, 1.82) is 0 Å². The molecule has 0 amide bonds. The Morgan fingerprint density at radius 1 is 0.812 bits per heavy atom. The smallest absolute Gasteiger partial charge is 0.0511 e. The SMILES string of the molecule is Cc1cc(C=C(Br)Br)c(C=C(Br)Br)cc1C. The molecule has 0 aromatic heterocycles. The van der Waals surface area contributed by atoms with Crippen molar-refractivity contribution in [2.24, 2.45) is 0 Å². The monoisotopic (exact) mass is 470 g/mol. The van der Waals surface area contributed by atoms with Crippen LogP contribution in [0.3, 0.4) is 0 Å². The second-order valence-electron chi connectivity index (χ2n) is 3.43. The van der Waals surface area contributed by atoms with Crippen LogP contribution in [0.2, 0.25) is 0 Å². The number of benzene rings is 1. The molecule has 0 bridgehead atoms. The van der Waals surface area contributed by atoms with Gasteiger partial charge < -0.3 is 0 Å². The summed E-state index contributed by atoms with van der Waals surface area (Å²) < 4.78 is 1.87. The van der Waals surface area contributed by atoms with Gasteiger partial charge in [-0.1, -0.05) is 12.1 Å². The normalized spacial score (nSPS) is 9.88. The second-order valence-corrected chi connectivity index (χ2v) is 8.98. The number of halogens is 4. The molecule has 0 fully saturated rings. The summed E-state index contributed by atoms with van der Waals surface area (Å²) in [5, 5.41) is 0. The molecule has 4 heteroatoms. The molecule has 0 heterocycles. The fourth-order valence-corrected chi connectivity index (χ4v) is 2.33. The van der Waals surface area contributed by atoms with Crippen molar-refractivity contribution < 1.29 is 0 Å². The Balaban J connectivity index is 3.39. The van der Waals surface area contributed by atoms with Gasteiger partial charge >= 0.3 is 0 Å². The largest absolute Gasteiger partial charge is 0.0610 e. The van der Waals surface area contributed by atoms with Crippen molar-refractivity contribution >= 4 is 75.9 Å². The van der Waals surface area contributed by atoms with E-state index in [1.807, 2.05) is 12.2 Å². The van der Waals surface area contributed by atoms with Gasteiger partial charge in [-0.3, -0.25) is 0 Å². The molecule has 86 valence electrons. The highest BCUT2D eigenvalue weighted by Gasteiger charge is 2.02. The van der Waals surface area contributed by atoms with Gasteiger partial charge in [0.25, 0.3) is 0 Å². The van der Waals surface area contributed by atoms with Gasteiger partial charge in [-0.05, 0) is 112 Å². The lowest BCUT2D eigenvalue weighted by Gasteiger charge is -2.07. The molecule has 1 rings (SSSR count). The molecule has 0 saturated carbocycles. The molecule has 1 aromatic rings. The van der Waals surface area contributed by atoms with E-state index in [4.69, 9.17) is 0 Å². The van der Waals surface area contributed by atoms with Gasteiger partial charge in [0, 0.05) is 0 Å². The van der Waals surface area contributed by atoms with Crippen molar-refractivity contribution in [1.82, 2.24) is 0 Å². The van der Waals surface area contributed by atoms with Crippen molar-refractivity contribution in [3.63, 3.8) is 0 Å². The number of aryl methyl sites for hydroxylation is 2. The van der Waals surface area contributed by atoms with E-state index < -0.39 is 0 Å². The average Bonchev–Trinajstić information content (AvgIpc) is 2.11. The first-order valence-electron chi connectivity index (χ1n) is 4.57. The fraction of sp³-hybridized carbons (Fsp3) is 0.167. The highest BCUT2D eigenvalue weighted by atomic mass is 79.9. The zero-order chi connectivity index (χ0) is 12.3. The third-order valence-corrected chi connectivity index (χ3v) is 3.14. The molecule has 0 saturated heterocycles. The summed E-state index contributed by atoms with van der Waals surface area (Å²) in [6.45, 7) is 4.23. The zero-order valence-electron chi connectivity index (χ0n) is 8.82. The van der Waals surface area contributed by atoms with Crippen LogP contribution in [0.1, 0.15) is 22.3 Å². The van der Waals surface area contributed by atoms with Gasteiger partial charge in [0.1, 0.15) is 0 Å². The van der Waals surface area contributed by atoms with Gasteiger partial charge in [-0.2, -0.15) is 0 Å². The maximum absolute atomic E-state index is 3.39. The Labute approximate surface area is 130 Å². The van der Waals surface area contributed by atoms with Crippen LogP contribution in [0, 0.1) is 13.8 Å². The minimum absolute atomic E-state index is 0.934. The first kappa shape index (κ1) is 14.7. The Kier molecular flexibility index (Phi) is 5.99. The lowest BCUT2D eigenvalue weighted by atomic mass is 10.00. The van der Waals surface area contributed by atoms with E-state index in [1.165, 1.54) is 22.3 Å². The number of hydrogen-bond donors (Lipinski definition) is 0. The zero-order valence-corrected chi connectivity index (χ0v) is 15.2. The van der Waals surface area contributed by atoms with E-state index in [0.29, 0.717) is 0 Å². The quantitative estimate of drug-likeness (QED) is 0.461. The summed E-state index contributed by atoms with van der Waals surface area (Å²) in [4.78, 5) is 0. The van der Waals surface area contributed by atoms with Crippen LogP contribution >= 0.6 is 63.7 Å². The summed E-state index contributed by atoms with van der Waals surface area (Å²) in [5.41, 5.74) is 4.91. The third-order valence-electron chi connectivity index (χ3n) is 2.23. The molecule has 0 N–H and O–H groups in total. The van der Waals surface area contributed by atoms with Crippen molar-refractivity contribution in [2.75, 3.05) is 0 Å². The molecule has 0 radical (unpaired) electrons. The van der Waals surface area contributed by atoms with Crippen LogP contribution in [0.25, 0.3) is 12.2 Å². The minimum atomic E-state index is 0.934. The van der Waals surface area contributed by atoms with E-state index in [2.05, 4.69) is 89.7 Å². The summed E-state index contributed by atoms with van der Waals surface area (Å²) in [5.74, 6) is 0. The molecule has 0 spiro atoms. The number of rotatable bonds is 2. The maximum atomic E-state index is 3.39. The van der Waals surface area contributed by atoms with E-state index >= 15 is 0 Å². The molecule has 1 aromatic carbocycles. The van der Waals surface area contributed by atoms with Crippen LogP contribution in [0.4, 0.5) is 0 Å². The molecular weight excluding hydrogens is 464 g/mol. The molecule has 0 aliphatic carbocycles. The molecule has 16 heavy (non-hydrogen) atoms. The fourth-order valence-electron chi connectivity index (χ4n) is 1.35. The van der Waals surface area contributed by atoms with Crippen LogP contribution in [0.15, 0.2) is 18.9 Å². The maximum Gasteiger partial charge on any atom is 0.0610 e. The predicted molar refractivity (Wildman–Crippen MR) is 87.6 cm³/mol. The van der Waals surface area contributed by atoms with Crippen LogP contribution in [-0.2, 0) is 0 Å². The van der Waals surface area contributed by atoms with E-state index in [1.54, 1.807) is 0 Å². The van der Waals surface area contributed by atoms with Gasteiger partial charge in [0.05, 0.1) is 6.78 Å². The summed E-state index contributed by atoms with van der Waals surface area (Å²) in [6, 6.07) is 4.35. The standard InChI is InChI=1S/C12H10Br4/c1-7-3-9(5-11(13)14)10(4-8(7)2)6-12(15)16/h3-6H,1-2H3. The van der Waals surface area contributed by atoms with Gasteiger partial charge in [-0.15, -0.1) is 0 Å². The van der Waals surface area contributed by atoms with Crippen molar-refractivity contribution in [3.05, 3.63) is 41.2 Å². The first-order valence-corrected chi connectivity index (χ1v) is 7.74. The summed E-state index contributed by atoms with van der Waals surface area (Å²) >= 11 is 13.6. The summed E-state index contributed by atoms with van der Waals surface area (Å²) in [6.07, 6.45) is 4.09. The lowest BCUT2D eigenvalue weighted by Crippen LogP contribution is -1.88. The minimum Gasteiger partial charge on any atom is -0.0511 e. The van der Waals surface area contributed by atoms with E-state index in [9.17, 15) is 0 Å². The first-order chi connectivity index (χ1) is 7.40. The number of hydrogen-bond acceptors (Lipinski definition) is 0.